The summed E-state index contributed by atoms with van der Waals surface area (Å²) in [5.41, 5.74) is 3.29. The first-order valence-electron chi connectivity index (χ1n) is 4.67. The van der Waals surface area contributed by atoms with E-state index in [9.17, 15) is 4.39 Å². The Labute approximate surface area is 102 Å². The molecule has 1 aromatic carbocycles. The first-order valence-corrected chi connectivity index (χ1v) is 5.93. The number of hydrogen-bond donors (Lipinski definition) is 2. The maximum Gasteiger partial charge on any atom is 0.142 e. The second-order valence-corrected chi connectivity index (χ2v) is 4.62. The van der Waals surface area contributed by atoms with Crippen molar-refractivity contribution in [2.24, 2.45) is 5.84 Å². The Balaban J connectivity index is 2.45. The Morgan fingerprint density at radius 2 is 2.12 bits per heavy atom. The van der Waals surface area contributed by atoms with Gasteiger partial charge >= 0.3 is 0 Å². The van der Waals surface area contributed by atoms with E-state index in [2.05, 4.69) is 5.43 Å². The highest BCUT2D eigenvalue weighted by atomic mass is 35.5. The predicted octanol–water partition coefficient (Wildman–Crippen LogP) is 3.09. The summed E-state index contributed by atoms with van der Waals surface area (Å²) < 4.78 is 13.3. The summed E-state index contributed by atoms with van der Waals surface area (Å²) in [7, 11) is 0. The van der Waals surface area contributed by atoms with E-state index >= 15 is 0 Å². The van der Waals surface area contributed by atoms with Crippen LogP contribution in [-0.4, -0.2) is 0 Å². The first kappa shape index (κ1) is 11.5. The number of halogens is 2. The zero-order chi connectivity index (χ0) is 11.5. The van der Waals surface area contributed by atoms with Crippen LogP contribution in [0.25, 0.3) is 0 Å². The average Bonchev–Trinajstić information content (AvgIpc) is 2.79. The molecule has 0 fully saturated rings. The standard InChI is InChI=1S/C11H10ClFN2S/c12-10-7(3-1-4-8(10)13)11(15-14)9-5-2-6-16-9/h1-6,11,15H,14H2. The van der Waals surface area contributed by atoms with Crippen molar-refractivity contribution in [2.45, 2.75) is 6.04 Å². The van der Waals surface area contributed by atoms with Crippen molar-refractivity contribution in [1.82, 2.24) is 5.43 Å². The maximum absolute atomic E-state index is 13.3. The highest BCUT2D eigenvalue weighted by Gasteiger charge is 2.18. The summed E-state index contributed by atoms with van der Waals surface area (Å²) in [6, 6.07) is 8.27. The van der Waals surface area contributed by atoms with Crippen LogP contribution in [0.3, 0.4) is 0 Å². The molecule has 5 heteroatoms. The topological polar surface area (TPSA) is 38.0 Å². The summed E-state index contributed by atoms with van der Waals surface area (Å²) in [5.74, 6) is 5.06. The van der Waals surface area contributed by atoms with E-state index in [-0.39, 0.29) is 11.1 Å². The van der Waals surface area contributed by atoms with Gasteiger partial charge < -0.3 is 0 Å². The van der Waals surface area contributed by atoms with Crippen molar-refractivity contribution < 1.29 is 4.39 Å². The van der Waals surface area contributed by atoms with E-state index in [1.807, 2.05) is 17.5 Å². The molecule has 3 N–H and O–H groups in total. The molecule has 84 valence electrons. The van der Waals surface area contributed by atoms with Gasteiger partial charge in [0.25, 0.3) is 0 Å². The first-order chi connectivity index (χ1) is 7.74. The molecule has 0 saturated carbocycles. The third-order valence-corrected chi connectivity index (χ3v) is 3.62. The van der Waals surface area contributed by atoms with Crippen LogP contribution in [0, 0.1) is 5.82 Å². The van der Waals surface area contributed by atoms with E-state index in [1.165, 1.54) is 6.07 Å². The monoisotopic (exact) mass is 256 g/mol. The van der Waals surface area contributed by atoms with E-state index in [1.54, 1.807) is 23.5 Å². The highest BCUT2D eigenvalue weighted by molar-refractivity contribution is 7.10. The lowest BCUT2D eigenvalue weighted by atomic mass is 10.1. The van der Waals surface area contributed by atoms with Crippen LogP contribution in [0.5, 0.6) is 0 Å². The molecule has 1 heterocycles. The van der Waals surface area contributed by atoms with Gasteiger partial charge in [-0.25, -0.2) is 9.82 Å². The van der Waals surface area contributed by atoms with Gasteiger partial charge in [0.2, 0.25) is 0 Å². The van der Waals surface area contributed by atoms with Crippen molar-refractivity contribution in [1.29, 1.82) is 0 Å². The molecule has 2 aromatic rings. The minimum absolute atomic E-state index is 0.110. The molecule has 16 heavy (non-hydrogen) atoms. The number of hydrazine groups is 1. The summed E-state index contributed by atoms with van der Waals surface area (Å²) in [6.45, 7) is 0. The number of nitrogens with two attached hydrogens (primary N) is 1. The van der Waals surface area contributed by atoms with Crippen molar-refractivity contribution in [3.05, 3.63) is 57.0 Å². The van der Waals surface area contributed by atoms with Crippen LogP contribution in [0.15, 0.2) is 35.7 Å². The Morgan fingerprint density at radius 3 is 2.75 bits per heavy atom. The largest absolute Gasteiger partial charge is 0.271 e. The molecule has 0 radical (unpaired) electrons. The fourth-order valence-corrected chi connectivity index (χ4v) is 2.56. The highest BCUT2D eigenvalue weighted by Crippen LogP contribution is 2.31. The molecule has 0 aliphatic heterocycles. The SMILES string of the molecule is NNC(c1cccs1)c1cccc(F)c1Cl. The van der Waals surface area contributed by atoms with Gasteiger partial charge in [-0.3, -0.25) is 5.84 Å². The lowest BCUT2D eigenvalue weighted by Gasteiger charge is -2.16. The molecule has 2 rings (SSSR count). The van der Waals surface area contributed by atoms with Gasteiger partial charge in [-0.1, -0.05) is 29.8 Å². The van der Waals surface area contributed by atoms with Crippen LogP contribution < -0.4 is 11.3 Å². The third-order valence-electron chi connectivity index (χ3n) is 2.29. The molecule has 1 atom stereocenters. The lowest BCUT2D eigenvalue weighted by molar-refractivity contribution is 0.609. The van der Waals surface area contributed by atoms with Gasteiger partial charge in [-0.15, -0.1) is 11.3 Å². The second kappa shape index (κ2) is 4.93. The minimum Gasteiger partial charge on any atom is -0.271 e. The van der Waals surface area contributed by atoms with Crippen LogP contribution >= 0.6 is 22.9 Å². The molecule has 2 nitrogen and oxygen atoms in total. The summed E-state index contributed by atoms with van der Waals surface area (Å²) in [5, 5.41) is 2.05. The molecule has 0 aliphatic rings. The van der Waals surface area contributed by atoms with Crippen molar-refractivity contribution in [3.63, 3.8) is 0 Å². The van der Waals surface area contributed by atoms with Crippen molar-refractivity contribution >= 4 is 22.9 Å². The molecule has 0 spiro atoms. The van der Waals surface area contributed by atoms with Crippen molar-refractivity contribution in [2.75, 3.05) is 0 Å². The number of nitrogens with one attached hydrogen (secondary N) is 1. The molecule has 0 bridgehead atoms. The van der Waals surface area contributed by atoms with Crippen LogP contribution in [0.4, 0.5) is 4.39 Å². The number of benzene rings is 1. The summed E-state index contributed by atoms with van der Waals surface area (Å²) in [6.07, 6.45) is 0. The lowest BCUT2D eigenvalue weighted by Crippen LogP contribution is -2.28. The number of hydrogen-bond acceptors (Lipinski definition) is 3. The average molecular weight is 257 g/mol. The van der Waals surface area contributed by atoms with Gasteiger partial charge in [-0.05, 0) is 23.1 Å². The zero-order valence-electron chi connectivity index (χ0n) is 8.28. The zero-order valence-corrected chi connectivity index (χ0v) is 9.86. The smallest absolute Gasteiger partial charge is 0.142 e. The van der Waals surface area contributed by atoms with Crippen LogP contribution in [-0.2, 0) is 0 Å². The second-order valence-electron chi connectivity index (χ2n) is 3.26. The molecular weight excluding hydrogens is 247 g/mol. The molecule has 0 aliphatic carbocycles. The molecular formula is C11H10ClFN2S. The van der Waals surface area contributed by atoms with E-state index < -0.39 is 5.82 Å². The Morgan fingerprint density at radius 1 is 1.31 bits per heavy atom. The Bertz CT molecular complexity index is 473. The van der Waals surface area contributed by atoms with Gasteiger partial charge in [0.15, 0.2) is 0 Å². The van der Waals surface area contributed by atoms with Gasteiger partial charge in [0, 0.05) is 4.88 Å². The maximum atomic E-state index is 13.3. The van der Waals surface area contributed by atoms with E-state index in [4.69, 9.17) is 17.4 Å². The number of rotatable bonds is 3. The van der Waals surface area contributed by atoms with Crippen molar-refractivity contribution in [3.8, 4) is 0 Å². The summed E-state index contributed by atoms with van der Waals surface area (Å²) in [4.78, 5) is 0.995. The molecule has 1 aromatic heterocycles. The van der Waals surface area contributed by atoms with E-state index in [0.29, 0.717) is 5.56 Å². The fraction of sp³-hybridized carbons (Fsp3) is 0.0909. The number of thiophene rings is 1. The molecule has 0 saturated heterocycles. The molecule has 1 unspecified atom stereocenters. The van der Waals surface area contributed by atoms with Gasteiger partial charge in [0.05, 0.1) is 11.1 Å². The summed E-state index contributed by atoms with van der Waals surface area (Å²) >= 11 is 7.46. The normalized spacial score (nSPS) is 12.7. The predicted molar refractivity (Wildman–Crippen MR) is 64.9 cm³/mol. The quantitative estimate of drug-likeness (QED) is 0.654. The van der Waals surface area contributed by atoms with Gasteiger partial charge in [0.1, 0.15) is 5.82 Å². The van der Waals surface area contributed by atoms with E-state index in [0.717, 1.165) is 4.88 Å². The molecule has 0 amide bonds. The van der Waals surface area contributed by atoms with Crippen LogP contribution in [0.2, 0.25) is 5.02 Å². The third kappa shape index (κ3) is 2.10. The Hall–Kier alpha value is -0.940. The van der Waals surface area contributed by atoms with Gasteiger partial charge in [-0.2, -0.15) is 0 Å². The van der Waals surface area contributed by atoms with Crippen LogP contribution in [0.1, 0.15) is 16.5 Å². The Kier molecular flexibility index (Phi) is 3.56. The fourth-order valence-electron chi connectivity index (χ4n) is 1.52. The minimum atomic E-state index is -0.434.